The van der Waals surface area contributed by atoms with Gasteiger partial charge in [0.15, 0.2) is 0 Å². The molecule has 2 atom stereocenters. The van der Waals surface area contributed by atoms with Crippen LogP contribution in [0.1, 0.15) is 18.1 Å². The molecule has 27 heavy (non-hydrogen) atoms. The van der Waals surface area contributed by atoms with Gasteiger partial charge < -0.3 is 16.4 Å². The van der Waals surface area contributed by atoms with E-state index in [0.717, 1.165) is 5.56 Å². The van der Waals surface area contributed by atoms with Crippen molar-refractivity contribution in [3.8, 4) is 0 Å². The molecule has 2 rings (SSSR count). The topological polar surface area (TPSA) is 101 Å². The quantitative estimate of drug-likeness (QED) is 0.647. The first-order chi connectivity index (χ1) is 12.8. The molecule has 2 aromatic carbocycles. The summed E-state index contributed by atoms with van der Waals surface area (Å²) in [5.41, 5.74) is 6.80. The van der Waals surface area contributed by atoms with Crippen molar-refractivity contribution < 1.29 is 18.8 Å². The third kappa shape index (κ3) is 6.54. The highest BCUT2D eigenvalue weighted by Crippen LogP contribution is 2.08. The summed E-state index contributed by atoms with van der Waals surface area (Å²) in [6, 6.07) is 13.0. The van der Waals surface area contributed by atoms with Crippen LogP contribution in [0.25, 0.3) is 0 Å². The molecule has 0 fully saturated rings. The van der Waals surface area contributed by atoms with Crippen molar-refractivity contribution in [3.63, 3.8) is 0 Å². The molecule has 0 spiro atoms. The third-order valence-electron chi connectivity index (χ3n) is 3.97. The van der Waals surface area contributed by atoms with Crippen LogP contribution in [0.3, 0.4) is 0 Å². The molecule has 0 unspecified atom stereocenters. The number of nitrogens with one attached hydrogen (secondary N) is 2. The van der Waals surface area contributed by atoms with Crippen LogP contribution in [0.5, 0.6) is 0 Å². The zero-order valence-corrected chi connectivity index (χ0v) is 14.9. The number of carbonyl (C=O) groups excluding carboxylic acids is 3. The molecule has 2 aromatic rings. The van der Waals surface area contributed by atoms with Gasteiger partial charge in [-0.1, -0.05) is 42.5 Å². The van der Waals surface area contributed by atoms with Gasteiger partial charge in [-0.2, -0.15) is 0 Å². The Labute approximate surface area is 156 Å². The minimum atomic E-state index is -0.957. The van der Waals surface area contributed by atoms with E-state index in [1.54, 1.807) is 6.07 Å². The molecule has 6 nitrogen and oxygen atoms in total. The van der Waals surface area contributed by atoms with Gasteiger partial charge in [0.1, 0.15) is 17.9 Å². The molecule has 7 heteroatoms. The van der Waals surface area contributed by atoms with E-state index in [2.05, 4.69) is 10.6 Å². The molecule has 142 valence electrons. The average Bonchev–Trinajstić information content (AvgIpc) is 2.61. The van der Waals surface area contributed by atoms with E-state index in [-0.39, 0.29) is 12.8 Å². The Morgan fingerprint density at radius 2 is 1.56 bits per heavy atom. The second kappa shape index (κ2) is 9.47. The number of rotatable bonds is 8. The Kier molecular flexibility index (Phi) is 7.05. The van der Waals surface area contributed by atoms with Crippen molar-refractivity contribution >= 4 is 17.7 Å². The second-order valence-corrected chi connectivity index (χ2v) is 6.24. The lowest BCUT2D eigenvalue weighted by Gasteiger charge is -2.22. The van der Waals surface area contributed by atoms with Gasteiger partial charge in [-0.3, -0.25) is 14.4 Å². The van der Waals surface area contributed by atoms with Crippen molar-refractivity contribution in [1.29, 1.82) is 0 Å². The van der Waals surface area contributed by atoms with Gasteiger partial charge >= 0.3 is 0 Å². The summed E-state index contributed by atoms with van der Waals surface area (Å²) in [4.78, 5) is 35.9. The first-order valence-electron chi connectivity index (χ1n) is 8.50. The van der Waals surface area contributed by atoms with Gasteiger partial charge in [-0.05, 0) is 23.3 Å². The molecule has 3 amide bonds. The highest BCUT2D eigenvalue weighted by atomic mass is 19.1. The van der Waals surface area contributed by atoms with Crippen molar-refractivity contribution in [3.05, 3.63) is 71.5 Å². The summed E-state index contributed by atoms with van der Waals surface area (Å²) in [6.45, 7) is 1.28. The lowest BCUT2D eigenvalue weighted by Crippen LogP contribution is -2.54. The van der Waals surface area contributed by atoms with E-state index in [9.17, 15) is 18.8 Å². The SMILES string of the molecule is CC(=O)N[C@H](Cc1cccc(F)c1)C(=O)N[C@H](Cc1ccccc1)C(N)=O. The van der Waals surface area contributed by atoms with E-state index in [0.29, 0.717) is 5.56 Å². The Bertz CT molecular complexity index is 811. The van der Waals surface area contributed by atoms with E-state index in [1.165, 1.54) is 25.1 Å². The van der Waals surface area contributed by atoms with Crippen molar-refractivity contribution in [1.82, 2.24) is 10.6 Å². The monoisotopic (exact) mass is 371 g/mol. The predicted octanol–water partition coefficient (Wildman–Crippen LogP) is 1.09. The molecule has 0 bridgehead atoms. The Morgan fingerprint density at radius 1 is 0.926 bits per heavy atom. The number of primary amides is 1. The minimum absolute atomic E-state index is 0.0833. The van der Waals surface area contributed by atoms with Crippen LogP contribution in [0.2, 0.25) is 0 Å². The van der Waals surface area contributed by atoms with E-state index >= 15 is 0 Å². The first kappa shape index (κ1) is 20.1. The Morgan fingerprint density at radius 3 is 2.15 bits per heavy atom. The number of hydrogen-bond acceptors (Lipinski definition) is 3. The summed E-state index contributed by atoms with van der Waals surface area (Å²) in [7, 11) is 0. The van der Waals surface area contributed by atoms with E-state index < -0.39 is 35.6 Å². The summed E-state index contributed by atoms with van der Waals surface area (Å²) in [5, 5.41) is 5.11. The number of halogens is 1. The Hall–Kier alpha value is -3.22. The molecule has 0 aromatic heterocycles. The van der Waals surface area contributed by atoms with Gasteiger partial charge in [0.25, 0.3) is 0 Å². The lowest BCUT2D eigenvalue weighted by atomic mass is 10.0. The van der Waals surface area contributed by atoms with Gasteiger partial charge in [0.2, 0.25) is 17.7 Å². The van der Waals surface area contributed by atoms with Gasteiger partial charge in [0.05, 0.1) is 0 Å². The number of benzene rings is 2. The third-order valence-corrected chi connectivity index (χ3v) is 3.97. The molecule has 0 aliphatic heterocycles. The van der Waals surface area contributed by atoms with Crippen LogP contribution in [0.4, 0.5) is 4.39 Å². The largest absolute Gasteiger partial charge is 0.368 e. The van der Waals surface area contributed by atoms with E-state index in [4.69, 9.17) is 5.73 Å². The first-order valence-corrected chi connectivity index (χ1v) is 8.50. The average molecular weight is 371 g/mol. The van der Waals surface area contributed by atoms with Gasteiger partial charge in [-0.15, -0.1) is 0 Å². The van der Waals surface area contributed by atoms with Crippen LogP contribution in [-0.4, -0.2) is 29.8 Å². The van der Waals surface area contributed by atoms with Crippen LogP contribution >= 0.6 is 0 Å². The molecular formula is C20H22FN3O3. The summed E-state index contributed by atoms with van der Waals surface area (Å²) in [5.74, 6) is -2.09. The zero-order chi connectivity index (χ0) is 19.8. The van der Waals surface area contributed by atoms with Crippen LogP contribution in [0.15, 0.2) is 54.6 Å². The summed E-state index contributed by atoms with van der Waals surface area (Å²) in [6.07, 6.45) is 0.314. The normalized spacial score (nSPS) is 12.7. The summed E-state index contributed by atoms with van der Waals surface area (Å²) >= 11 is 0. The maximum atomic E-state index is 13.4. The smallest absolute Gasteiger partial charge is 0.243 e. The fourth-order valence-electron chi connectivity index (χ4n) is 2.70. The molecule has 4 N–H and O–H groups in total. The zero-order valence-electron chi connectivity index (χ0n) is 14.9. The number of hydrogen-bond donors (Lipinski definition) is 3. The molecule has 0 radical (unpaired) electrons. The number of nitrogens with two attached hydrogens (primary N) is 1. The van der Waals surface area contributed by atoms with E-state index in [1.807, 2.05) is 30.3 Å². The highest BCUT2D eigenvalue weighted by Gasteiger charge is 2.25. The second-order valence-electron chi connectivity index (χ2n) is 6.24. The van der Waals surface area contributed by atoms with Crippen LogP contribution in [-0.2, 0) is 27.2 Å². The molecular weight excluding hydrogens is 349 g/mol. The Balaban J connectivity index is 2.12. The van der Waals surface area contributed by atoms with Crippen LogP contribution < -0.4 is 16.4 Å². The van der Waals surface area contributed by atoms with Crippen molar-refractivity contribution in [2.75, 3.05) is 0 Å². The van der Waals surface area contributed by atoms with Gasteiger partial charge in [0, 0.05) is 19.8 Å². The molecule has 0 saturated carbocycles. The predicted molar refractivity (Wildman–Crippen MR) is 99.0 cm³/mol. The van der Waals surface area contributed by atoms with Crippen LogP contribution in [0, 0.1) is 5.82 Å². The van der Waals surface area contributed by atoms with Crippen molar-refractivity contribution in [2.24, 2.45) is 5.73 Å². The fourth-order valence-corrected chi connectivity index (χ4v) is 2.70. The summed E-state index contributed by atoms with van der Waals surface area (Å²) < 4.78 is 13.4. The molecule has 0 heterocycles. The molecule has 0 aliphatic carbocycles. The minimum Gasteiger partial charge on any atom is -0.368 e. The fraction of sp³-hybridized carbons (Fsp3) is 0.250. The van der Waals surface area contributed by atoms with Crippen molar-refractivity contribution in [2.45, 2.75) is 31.8 Å². The maximum Gasteiger partial charge on any atom is 0.243 e. The maximum absolute atomic E-state index is 13.4. The highest BCUT2D eigenvalue weighted by molar-refractivity contribution is 5.91. The standard InChI is InChI=1S/C20H22FN3O3/c1-13(25)23-18(12-15-8-5-9-16(21)10-15)20(27)24-17(19(22)26)11-14-6-3-2-4-7-14/h2-10,17-18H,11-12H2,1H3,(H2,22,26)(H,23,25)(H,24,27)/t17-,18-/m1/s1. The molecule has 0 saturated heterocycles. The molecule has 0 aliphatic rings. The van der Waals surface area contributed by atoms with Gasteiger partial charge in [-0.25, -0.2) is 4.39 Å². The lowest BCUT2D eigenvalue weighted by molar-refractivity contribution is -0.130. The number of amides is 3. The number of carbonyl (C=O) groups is 3.